The first kappa shape index (κ1) is 11.9. The van der Waals surface area contributed by atoms with E-state index in [2.05, 4.69) is 5.10 Å². The Hall–Kier alpha value is -1.56. The number of fused-ring (bicyclic) bond motifs is 1. The second-order valence-corrected chi connectivity index (χ2v) is 4.22. The van der Waals surface area contributed by atoms with Crippen molar-refractivity contribution in [2.24, 2.45) is 12.8 Å². The van der Waals surface area contributed by atoms with E-state index in [1.807, 2.05) is 13.2 Å². The van der Waals surface area contributed by atoms with E-state index in [4.69, 9.17) is 10.5 Å². The van der Waals surface area contributed by atoms with Crippen LogP contribution >= 0.6 is 0 Å². The average Bonchev–Trinajstić information content (AvgIpc) is 2.69. The Kier molecular flexibility index (Phi) is 3.33. The maximum Gasteiger partial charge on any atom is 0.410 e. The molecule has 0 saturated heterocycles. The van der Waals surface area contributed by atoms with Crippen LogP contribution in [0, 0.1) is 0 Å². The number of nitrogens with zero attached hydrogens (tertiary/aromatic N) is 3. The first-order chi connectivity index (χ1) is 8.17. The molecule has 1 aromatic rings. The fourth-order valence-corrected chi connectivity index (χ4v) is 2.36. The van der Waals surface area contributed by atoms with E-state index < -0.39 is 0 Å². The second kappa shape index (κ2) is 4.75. The van der Waals surface area contributed by atoms with E-state index >= 15 is 0 Å². The highest BCUT2D eigenvalue weighted by molar-refractivity contribution is 5.68. The molecule has 0 aliphatic carbocycles. The number of carbonyl (C=O) groups is 1. The summed E-state index contributed by atoms with van der Waals surface area (Å²) in [5.41, 5.74) is 7.77. The first-order valence-electron chi connectivity index (χ1n) is 5.74. The van der Waals surface area contributed by atoms with Crippen molar-refractivity contribution in [3.63, 3.8) is 0 Å². The van der Waals surface area contributed by atoms with E-state index in [0.29, 0.717) is 19.5 Å². The number of carbonyl (C=O) groups excluding carboxylic acids is 1. The monoisotopic (exact) mass is 238 g/mol. The van der Waals surface area contributed by atoms with Crippen LogP contribution < -0.4 is 5.73 Å². The number of aromatic nitrogens is 2. The summed E-state index contributed by atoms with van der Waals surface area (Å²) in [6.45, 7) is 1.18. The minimum atomic E-state index is -0.306. The van der Waals surface area contributed by atoms with Crippen LogP contribution in [-0.2, 0) is 18.2 Å². The Labute approximate surface area is 100 Å². The van der Waals surface area contributed by atoms with E-state index in [9.17, 15) is 4.79 Å². The van der Waals surface area contributed by atoms with Crippen LogP contribution in [0.15, 0.2) is 6.20 Å². The molecule has 0 aromatic carbocycles. The first-order valence-corrected chi connectivity index (χ1v) is 5.74. The second-order valence-electron chi connectivity index (χ2n) is 4.22. The van der Waals surface area contributed by atoms with Gasteiger partial charge in [0.1, 0.15) is 0 Å². The lowest BCUT2D eigenvalue weighted by Crippen LogP contribution is -2.40. The molecule has 1 aromatic heterocycles. The summed E-state index contributed by atoms with van der Waals surface area (Å²) in [6, 6.07) is -0.0580. The summed E-state index contributed by atoms with van der Waals surface area (Å²) in [5.74, 6) is 0. The highest BCUT2D eigenvalue weighted by Crippen LogP contribution is 2.30. The number of rotatable bonds is 2. The van der Waals surface area contributed by atoms with Gasteiger partial charge in [-0.1, -0.05) is 0 Å². The number of methoxy groups -OCH3 is 1. The molecular weight excluding hydrogens is 220 g/mol. The zero-order valence-electron chi connectivity index (χ0n) is 10.2. The van der Waals surface area contributed by atoms with Gasteiger partial charge in [0, 0.05) is 19.8 Å². The smallest absolute Gasteiger partial charge is 0.410 e. The normalized spacial score (nSPS) is 19.0. The topological polar surface area (TPSA) is 73.4 Å². The third-order valence-corrected chi connectivity index (χ3v) is 3.10. The summed E-state index contributed by atoms with van der Waals surface area (Å²) in [4.78, 5) is 13.4. The highest BCUT2D eigenvalue weighted by Gasteiger charge is 2.33. The molecule has 1 aliphatic rings. The highest BCUT2D eigenvalue weighted by atomic mass is 16.5. The number of hydrogen-bond donors (Lipinski definition) is 1. The molecule has 2 N–H and O–H groups in total. The molecule has 2 heterocycles. The third-order valence-electron chi connectivity index (χ3n) is 3.10. The molecule has 1 atom stereocenters. The van der Waals surface area contributed by atoms with Gasteiger partial charge in [-0.15, -0.1) is 0 Å². The number of amides is 1. The molecule has 1 unspecified atom stereocenters. The van der Waals surface area contributed by atoms with Gasteiger partial charge in [0.05, 0.1) is 18.8 Å². The summed E-state index contributed by atoms with van der Waals surface area (Å²) in [5, 5.41) is 4.43. The van der Waals surface area contributed by atoms with Crippen molar-refractivity contribution in [3.8, 4) is 0 Å². The van der Waals surface area contributed by atoms with Crippen LogP contribution in [-0.4, -0.2) is 41.0 Å². The molecule has 94 valence electrons. The minimum absolute atomic E-state index is 0.0580. The van der Waals surface area contributed by atoms with Gasteiger partial charge in [-0.3, -0.25) is 9.58 Å². The number of nitrogens with two attached hydrogens (primary N) is 1. The lowest BCUT2D eigenvalue weighted by atomic mass is 9.98. The number of ether oxygens (including phenoxy) is 1. The number of aryl methyl sites for hydroxylation is 1. The molecular formula is C11H18N4O2. The van der Waals surface area contributed by atoms with Gasteiger partial charge in [0.15, 0.2) is 0 Å². The maximum absolute atomic E-state index is 11.7. The van der Waals surface area contributed by atoms with Gasteiger partial charge in [-0.25, -0.2) is 4.79 Å². The summed E-state index contributed by atoms with van der Waals surface area (Å²) < 4.78 is 6.59. The molecule has 0 spiro atoms. The third kappa shape index (κ3) is 2.12. The Bertz CT molecular complexity index is 416. The van der Waals surface area contributed by atoms with Crippen molar-refractivity contribution in [1.82, 2.24) is 14.7 Å². The van der Waals surface area contributed by atoms with Crippen LogP contribution in [0.2, 0.25) is 0 Å². The predicted octanol–water partition coefficient (Wildman–Crippen LogP) is 0.435. The van der Waals surface area contributed by atoms with Crippen molar-refractivity contribution in [2.45, 2.75) is 18.9 Å². The van der Waals surface area contributed by atoms with Crippen molar-refractivity contribution in [2.75, 3.05) is 20.2 Å². The lowest BCUT2D eigenvalue weighted by Gasteiger charge is -2.33. The molecule has 6 heteroatoms. The Balaban J connectivity index is 2.31. The predicted molar refractivity (Wildman–Crippen MR) is 62.4 cm³/mol. The Morgan fingerprint density at radius 1 is 1.71 bits per heavy atom. The molecule has 0 bridgehead atoms. The van der Waals surface area contributed by atoms with Crippen molar-refractivity contribution < 1.29 is 9.53 Å². The quantitative estimate of drug-likeness (QED) is 0.811. The molecule has 0 radical (unpaired) electrons. The van der Waals surface area contributed by atoms with Gasteiger partial charge < -0.3 is 10.5 Å². The molecule has 17 heavy (non-hydrogen) atoms. The summed E-state index contributed by atoms with van der Waals surface area (Å²) in [6.07, 6.45) is 3.23. The van der Waals surface area contributed by atoms with Gasteiger partial charge in [-0.05, 0) is 24.9 Å². The minimum Gasteiger partial charge on any atom is -0.453 e. The van der Waals surface area contributed by atoms with Crippen LogP contribution in [0.1, 0.15) is 23.7 Å². The van der Waals surface area contributed by atoms with Crippen LogP contribution in [0.5, 0.6) is 0 Å². The van der Waals surface area contributed by atoms with Crippen molar-refractivity contribution in [3.05, 3.63) is 17.5 Å². The molecule has 1 aliphatic heterocycles. The van der Waals surface area contributed by atoms with Gasteiger partial charge in [-0.2, -0.15) is 5.10 Å². The molecule has 6 nitrogen and oxygen atoms in total. The largest absolute Gasteiger partial charge is 0.453 e. The molecule has 0 saturated carbocycles. The lowest BCUT2D eigenvalue weighted by molar-refractivity contribution is 0.0978. The summed E-state index contributed by atoms with van der Waals surface area (Å²) in [7, 11) is 3.29. The fourth-order valence-electron chi connectivity index (χ4n) is 2.36. The van der Waals surface area contributed by atoms with Crippen LogP contribution in [0.4, 0.5) is 4.79 Å². The van der Waals surface area contributed by atoms with Crippen LogP contribution in [0.25, 0.3) is 0 Å². The molecule has 2 rings (SSSR count). The summed E-state index contributed by atoms with van der Waals surface area (Å²) >= 11 is 0. The number of hydrogen-bond acceptors (Lipinski definition) is 4. The van der Waals surface area contributed by atoms with Gasteiger partial charge in [0.2, 0.25) is 0 Å². The van der Waals surface area contributed by atoms with Gasteiger partial charge >= 0.3 is 6.09 Å². The maximum atomic E-state index is 11.7. The van der Waals surface area contributed by atoms with Crippen molar-refractivity contribution >= 4 is 6.09 Å². The van der Waals surface area contributed by atoms with E-state index in [1.165, 1.54) is 12.7 Å². The van der Waals surface area contributed by atoms with Gasteiger partial charge in [0.25, 0.3) is 0 Å². The van der Waals surface area contributed by atoms with Crippen molar-refractivity contribution in [1.29, 1.82) is 0 Å². The molecule has 1 amide bonds. The Morgan fingerprint density at radius 3 is 3.12 bits per heavy atom. The van der Waals surface area contributed by atoms with Crippen LogP contribution in [0.3, 0.4) is 0 Å². The van der Waals surface area contributed by atoms with E-state index in [0.717, 1.165) is 12.1 Å². The zero-order chi connectivity index (χ0) is 12.4. The van der Waals surface area contributed by atoms with E-state index in [-0.39, 0.29) is 12.1 Å². The van der Waals surface area contributed by atoms with E-state index in [1.54, 1.807) is 9.58 Å². The molecule has 0 fully saturated rings. The standard InChI is InChI=1S/C11H18N4O2/c1-14-7-8-4-6-15(11(16)17-2)9(3-5-12)10(8)13-14/h7,9H,3-6,12H2,1-2H3. The fraction of sp³-hybridized carbons (Fsp3) is 0.636. The Morgan fingerprint density at radius 2 is 2.47 bits per heavy atom. The zero-order valence-corrected chi connectivity index (χ0v) is 10.2. The average molecular weight is 238 g/mol. The SMILES string of the molecule is COC(=O)N1CCc2cn(C)nc2C1CCN.